The second kappa shape index (κ2) is 6.68. The fourth-order valence-corrected chi connectivity index (χ4v) is 1.99. The molecule has 2 nitrogen and oxygen atoms in total. The van der Waals surface area contributed by atoms with Crippen molar-refractivity contribution in [3.8, 4) is 5.75 Å². The molecule has 2 aromatic rings. The molecule has 0 aliphatic heterocycles. The van der Waals surface area contributed by atoms with Crippen LogP contribution in [0, 0.1) is 5.82 Å². The lowest BCUT2D eigenvalue weighted by Crippen LogP contribution is -2.10. The van der Waals surface area contributed by atoms with Crippen LogP contribution < -0.4 is 10.5 Å². The van der Waals surface area contributed by atoms with Gasteiger partial charge in [0.2, 0.25) is 0 Å². The van der Waals surface area contributed by atoms with E-state index in [2.05, 4.69) is 0 Å². The summed E-state index contributed by atoms with van der Waals surface area (Å²) in [5.41, 5.74) is 7.23. The molecule has 2 aromatic carbocycles. The third kappa shape index (κ3) is 4.18. The van der Waals surface area contributed by atoms with Gasteiger partial charge in [-0.1, -0.05) is 42.0 Å². The van der Waals surface area contributed by atoms with Gasteiger partial charge in [-0.3, -0.25) is 0 Å². The summed E-state index contributed by atoms with van der Waals surface area (Å²) < 4.78 is 18.8. The first-order valence-electron chi connectivity index (χ1n) is 5.98. The van der Waals surface area contributed by atoms with Crippen LogP contribution >= 0.6 is 23.8 Å². The lowest BCUT2D eigenvalue weighted by atomic mass is 10.1. The van der Waals surface area contributed by atoms with E-state index >= 15 is 0 Å². The van der Waals surface area contributed by atoms with Gasteiger partial charge in [-0.25, -0.2) is 4.39 Å². The van der Waals surface area contributed by atoms with Crippen molar-refractivity contribution >= 4 is 28.8 Å². The van der Waals surface area contributed by atoms with Crippen LogP contribution in [0.15, 0.2) is 42.5 Å². The highest BCUT2D eigenvalue weighted by atomic mass is 35.5. The van der Waals surface area contributed by atoms with Crippen LogP contribution in [-0.4, -0.2) is 4.99 Å². The molecule has 0 saturated heterocycles. The predicted octanol–water partition coefficient (Wildman–Crippen LogP) is 3.89. The minimum atomic E-state index is -0.445. The number of hydrogen-bond donors (Lipinski definition) is 1. The zero-order valence-electron chi connectivity index (χ0n) is 10.6. The van der Waals surface area contributed by atoms with Crippen molar-refractivity contribution in [3.63, 3.8) is 0 Å². The lowest BCUT2D eigenvalue weighted by molar-refractivity contribution is 0.305. The highest BCUT2D eigenvalue weighted by Crippen LogP contribution is 2.18. The minimum absolute atomic E-state index is 0.107. The third-order valence-corrected chi connectivity index (χ3v) is 3.14. The number of halogens is 2. The molecule has 0 amide bonds. The van der Waals surface area contributed by atoms with E-state index in [0.717, 1.165) is 11.1 Å². The Kier molecular flexibility index (Phi) is 4.93. The minimum Gasteiger partial charge on any atom is -0.489 e. The smallest absolute Gasteiger partial charge is 0.142 e. The standard InChI is InChI=1S/C15H13ClFNOS/c16-13-6-3-11(7-14(13)17)9-19-12-4-1-10(2-5-12)8-15(18)20/h1-7H,8-9H2,(H2,18,20). The molecule has 0 atom stereocenters. The van der Waals surface area contributed by atoms with Gasteiger partial charge in [0.15, 0.2) is 0 Å². The van der Waals surface area contributed by atoms with E-state index in [1.54, 1.807) is 6.07 Å². The third-order valence-electron chi connectivity index (χ3n) is 2.69. The Morgan fingerprint density at radius 2 is 1.80 bits per heavy atom. The molecule has 0 spiro atoms. The molecular weight excluding hydrogens is 297 g/mol. The summed E-state index contributed by atoms with van der Waals surface area (Å²) in [4.78, 5) is 0.454. The molecule has 0 aromatic heterocycles. The van der Waals surface area contributed by atoms with E-state index in [1.165, 1.54) is 12.1 Å². The summed E-state index contributed by atoms with van der Waals surface area (Å²) in [6.07, 6.45) is 0.567. The fraction of sp³-hybridized carbons (Fsp3) is 0.133. The molecule has 0 unspecified atom stereocenters. The number of thiocarbonyl (C=S) groups is 1. The lowest BCUT2D eigenvalue weighted by Gasteiger charge is -2.08. The maximum atomic E-state index is 13.3. The van der Waals surface area contributed by atoms with Crippen LogP contribution in [0.3, 0.4) is 0 Å². The van der Waals surface area contributed by atoms with Gasteiger partial charge in [0.05, 0.1) is 10.0 Å². The van der Waals surface area contributed by atoms with E-state index in [1.807, 2.05) is 24.3 Å². The molecule has 0 radical (unpaired) electrons. The molecule has 0 bridgehead atoms. The first kappa shape index (κ1) is 14.8. The van der Waals surface area contributed by atoms with E-state index < -0.39 is 5.82 Å². The Bertz CT molecular complexity index is 616. The molecule has 0 aliphatic rings. The Morgan fingerprint density at radius 1 is 1.15 bits per heavy atom. The molecule has 0 saturated carbocycles. The topological polar surface area (TPSA) is 35.2 Å². The summed E-state index contributed by atoms with van der Waals surface area (Å²) in [7, 11) is 0. The molecule has 20 heavy (non-hydrogen) atoms. The zero-order chi connectivity index (χ0) is 14.5. The Hall–Kier alpha value is -1.65. The molecule has 5 heteroatoms. The molecule has 104 valence electrons. The Labute approximate surface area is 127 Å². The summed E-state index contributed by atoms with van der Waals surface area (Å²) in [6, 6.07) is 12.1. The van der Waals surface area contributed by atoms with Crippen molar-refractivity contribution in [2.45, 2.75) is 13.0 Å². The summed E-state index contributed by atoms with van der Waals surface area (Å²) >= 11 is 10.5. The first-order valence-corrected chi connectivity index (χ1v) is 6.77. The number of benzene rings is 2. The van der Waals surface area contributed by atoms with Crippen molar-refractivity contribution in [2.75, 3.05) is 0 Å². The number of rotatable bonds is 5. The highest BCUT2D eigenvalue weighted by Gasteiger charge is 2.02. The van der Waals surface area contributed by atoms with Gasteiger partial charge >= 0.3 is 0 Å². The molecule has 2 rings (SSSR count). The van der Waals surface area contributed by atoms with Crippen LogP contribution in [-0.2, 0) is 13.0 Å². The van der Waals surface area contributed by atoms with Gasteiger partial charge in [0, 0.05) is 6.42 Å². The monoisotopic (exact) mass is 309 g/mol. The van der Waals surface area contributed by atoms with Crippen LogP contribution in [0.4, 0.5) is 4.39 Å². The summed E-state index contributed by atoms with van der Waals surface area (Å²) in [6.45, 7) is 0.280. The maximum Gasteiger partial charge on any atom is 0.142 e. The highest BCUT2D eigenvalue weighted by molar-refractivity contribution is 7.80. The molecular formula is C15H13ClFNOS. The quantitative estimate of drug-likeness (QED) is 0.851. The van der Waals surface area contributed by atoms with Gasteiger partial charge in [0.25, 0.3) is 0 Å². The normalized spacial score (nSPS) is 10.3. The average Bonchev–Trinajstić information content (AvgIpc) is 2.41. The van der Waals surface area contributed by atoms with E-state index in [4.69, 9.17) is 34.3 Å². The number of nitrogens with two attached hydrogens (primary N) is 1. The van der Waals surface area contributed by atoms with Crippen LogP contribution in [0.1, 0.15) is 11.1 Å². The van der Waals surface area contributed by atoms with Gasteiger partial charge in [-0.2, -0.15) is 0 Å². The maximum absolute atomic E-state index is 13.3. The Balaban J connectivity index is 1.96. The average molecular weight is 310 g/mol. The summed E-state index contributed by atoms with van der Waals surface area (Å²) in [5, 5.41) is 0.107. The van der Waals surface area contributed by atoms with Crippen LogP contribution in [0.2, 0.25) is 5.02 Å². The second-order valence-corrected chi connectivity index (χ2v) is 5.26. The van der Waals surface area contributed by atoms with Crippen LogP contribution in [0.5, 0.6) is 5.75 Å². The second-order valence-electron chi connectivity index (χ2n) is 4.32. The summed E-state index contributed by atoms with van der Waals surface area (Å²) in [5.74, 6) is 0.256. The van der Waals surface area contributed by atoms with E-state index in [9.17, 15) is 4.39 Å². The number of hydrogen-bond acceptors (Lipinski definition) is 2. The molecule has 0 aliphatic carbocycles. The van der Waals surface area contributed by atoms with Crippen molar-refractivity contribution in [3.05, 3.63) is 64.4 Å². The van der Waals surface area contributed by atoms with Crippen molar-refractivity contribution in [1.82, 2.24) is 0 Å². The van der Waals surface area contributed by atoms with Gasteiger partial charge in [0.1, 0.15) is 18.2 Å². The first-order chi connectivity index (χ1) is 9.54. The SMILES string of the molecule is NC(=S)Cc1ccc(OCc2ccc(Cl)c(F)c2)cc1. The van der Waals surface area contributed by atoms with Crippen molar-refractivity contribution < 1.29 is 9.13 Å². The fourth-order valence-electron chi connectivity index (χ4n) is 1.70. The van der Waals surface area contributed by atoms with Crippen molar-refractivity contribution in [1.29, 1.82) is 0 Å². The van der Waals surface area contributed by atoms with E-state index in [-0.39, 0.29) is 11.6 Å². The largest absolute Gasteiger partial charge is 0.489 e. The van der Waals surface area contributed by atoms with Gasteiger partial charge in [-0.15, -0.1) is 0 Å². The molecule has 0 fully saturated rings. The van der Waals surface area contributed by atoms with Crippen LogP contribution in [0.25, 0.3) is 0 Å². The number of ether oxygens (including phenoxy) is 1. The van der Waals surface area contributed by atoms with Gasteiger partial charge < -0.3 is 10.5 Å². The predicted molar refractivity (Wildman–Crippen MR) is 82.7 cm³/mol. The van der Waals surface area contributed by atoms with Crippen molar-refractivity contribution in [2.24, 2.45) is 5.73 Å². The molecule has 0 heterocycles. The molecule has 2 N–H and O–H groups in total. The zero-order valence-corrected chi connectivity index (χ0v) is 12.2. The van der Waals surface area contributed by atoms with Gasteiger partial charge in [-0.05, 0) is 35.4 Å². The Morgan fingerprint density at radius 3 is 2.40 bits per heavy atom. The van der Waals surface area contributed by atoms with E-state index in [0.29, 0.717) is 17.2 Å².